The number of aryl methyl sites for hydroxylation is 1. The number of halogens is 11. The zero-order valence-corrected chi connectivity index (χ0v) is 23.2. The molecule has 0 aliphatic rings. The van der Waals surface area contributed by atoms with Gasteiger partial charge in [0.25, 0.3) is 0 Å². The van der Waals surface area contributed by atoms with Gasteiger partial charge >= 0.3 is 12.3 Å². The third-order valence-corrected chi connectivity index (χ3v) is 6.61. The molecule has 0 N–H and O–H groups in total. The fourth-order valence-corrected chi connectivity index (χ4v) is 4.44. The highest BCUT2D eigenvalue weighted by Gasteiger charge is 2.42. The van der Waals surface area contributed by atoms with Crippen LogP contribution in [-0.4, -0.2) is 0 Å². The first-order chi connectivity index (χ1) is 21.1. The van der Waals surface area contributed by atoms with Gasteiger partial charge in [0.1, 0.15) is 51.8 Å². The van der Waals surface area contributed by atoms with E-state index >= 15 is 0 Å². The van der Waals surface area contributed by atoms with Crippen molar-refractivity contribution >= 4 is 0 Å². The Morgan fingerprint density at radius 3 is 1.64 bits per heavy atom. The molecule has 0 saturated carbocycles. The third-order valence-electron chi connectivity index (χ3n) is 6.61. The normalized spacial score (nSPS) is 11.7. The minimum Gasteiger partial charge on any atom is -0.429 e. The summed E-state index contributed by atoms with van der Waals surface area (Å²) in [6.45, 7) is 2.06. The van der Waals surface area contributed by atoms with E-state index < -0.39 is 75.2 Å². The van der Waals surface area contributed by atoms with Gasteiger partial charge in [-0.3, -0.25) is 0 Å². The molecular weight excluding hydrogens is 621 g/mol. The van der Waals surface area contributed by atoms with E-state index in [2.05, 4.69) is 11.7 Å². The largest absolute Gasteiger partial charge is 0.432 e. The monoisotopic (exact) mass is 642 g/mol. The van der Waals surface area contributed by atoms with Gasteiger partial charge in [-0.25, -0.2) is 26.3 Å². The van der Waals surface area contributed by atoms with Crippen LogP contribution in [0.15, 0.2) is 60.7 Å². The summed E-state index contributed by atoms with van der Waals surface area (Å²) in [4.78, 5) is 0. The van der Waals surface area contributed by atoms with Crippen molar-refractivity contribution in [3.05, 3.63) is 123 Å². The molecule has 0 aliphatic heterocycles. The van der Waals surface area contributed by atoms with Crippen molar-refractivity contribution in [3.8, 4) is 28.7 Å². The van der Waals surface area contributed by atoms with E-state index in [-0.39, 0.29) is 29.8 Å². The first-order valence-electron chi connectivity index (χ1n) is 13.3. The molecule has 4 rings (SSSR count). The zero-order chi connectivity index (χ0) is 33.1. The summed E-state index contributed by atoms with van der Waals surface area (Å²) in [5.41, 5.74) is -4.56. The number of hydrogen-bond donors (Lipinski definition) is 0. The van der Waals surface area contributed by atoms with Gasteiger partial charge in [-0.15, -0.1) is 0 Å². The van der Waals surface area contributed by atoms with Gasteiger partial charge < -0.3 is 4.74 Å². The van der Waals surface area contributed by atoms with Crippen LogP contribution in [0.1, 0.15) is 54.0 Å². The molecule has 236 valence electrons. The highest BCUT2D eigenvalue weighted by Crippen LogP contribution is 2.38. The predicted octanol–water partition coefficient (Wildman–Crippen LogP) is 10.5. The molecule has 0 aliphatic carbocycles. The molecule has 0 aromatic heterocycles. The Labute approximate surface area is 250 Å². The molecule has 45 heavy (non-hydrogen) atoms. The molecule has 4 aromatic rings. The SMILES string of the molecule is CCCCCc1ccc(-c2cc(F)c(C(F)(F)Oc3cc(F)c(C#Cc4cc(F)c(C(F)(F)F)c(F)c4)c(F)c3)c(F)c2)cc1. The molecule has 1 nitrogen and oxygen atoms in total. The van der Waals surface area contributed by atoms with E-state index in [1.54, 1.807) is 24.3 Å². The van der Waals surface area contributed by atoms with Gasteiger partial charge in [0.05, 0.1) is 5.56 Å². The summed E-state index contributed by atoms with van der Waals surface area (Å²) in [5.74, 6) is -8.21. The van der Waals surface area contributed by atoms with Crippen LogP contribution in [-0.2, 0) is 18.7 Å². The predicted molar refractivity (Wildman–Crippen MR) is 143 cm³/mol. The molecule has 0 unspecified atom stereocenters. The number of alkyl halides is 5. The first kappa shape index (κ1) is 33.4. The van der Waals surface area contributed by atoms with Crippen molar-refractivity contribution in [1.82, 2.24) is 0 Å². The molecule has 12 heteroatoms. The van der Waals surface area contributed by atoms with E-state index in [1.165, 1.54) is 0 Å². The van der Waals surface area contributed by atoms with Crippen LogP contribution in [0.4, 0.5) is 48.3 Å². The van der Waals surface area contributed by atoms with Gasteiger partial charge in [-0.1, -0.05) is 55.9 Å². The van der Waals surface area contributed by atoms with Crippen molar-refractivity contribution < 1.29 is 53.0 Å². The third kappa shape index (κ3) is 7.77. The lowest BCUT2D eigenvalue weighted by molar-refractivity contribution is -0.189. The minimum absolute atomic E-state index is 0.0440. The lowest BCUT2D eigenvalue weighted by Gasteiger charge is -2.20. The molecular formula is C33H21F11O. The lowest BCUT2D eigenvalue weighted by Crippen LogP contribution is -2.25. The van der Waals surface area contributed by atoms with Crippen LogP contribution in [0, 0.1) is 46.7 Å². The number of benzene rings is 4. The van der Waals surface area contributed by atoms with Crippen molar-refractivity contribution in [3.63, 3.8) is 0 Å². The maximum absolute atomic E-state index is 14.9. The van der Waals surface area contributed by atoms with Gasteiger partial charge in [-0.2, -0.15) is 22.0 Å². The van der Waals surface area contributed by atoms with Crippen LogP contribution in [0.5, 0.6) is 5.75 Å². The van der Waals surface area contributed by atoms with Crippen molar-refractivity contribution in [1.29, 1.82) is 0 Å². The van der Waals surface area contributed by atoms with Gasteiger partial charge in [-0.05, 0) is 53.8 Å². The van der Waals surface area contributed by atoms with Crippen molar-refractivity contribution in [2.45, 2.75) is 44.9 Å². The molecule has 0 radical (unpaired) electrons. The fourth-order valence-electron chi connectivity index (χ4n) is 4.44. The van der Waals surface area contributed by atoms with E-state index in [9.17, 15) is 48.3 Å². The molecule has 0 amide bonds. The van der Waals surface area contributed by atoms with Crippen molar-refractivity contribution in [2.75, 3.05) is 0 Å². The summed E-state index contributed by atoms with van der Waals surface area (Å²) in [6.07, 6.45) is -6.29. The van der Waals surface area contributed by atoms with E-state index in [0.29, 0.717) is 17.7 Å². The van der Waals surface area contributed by atoms with Crippen LogP contribution in [0.2, 0.25) is 0 Å². The average molecular weight is 643 g/mol. The Balaban J connectivity index is 1.56. The van der Waals surface area contributed by atoms with Crippen LogP contribution >= 0.6 is 0 Å². The number of hydrogen-bond acceptors (Lipinski definition) is 1. The van der Waals surface area contributed by atoms with E-state index in [4.69, 9.17) is 0 Å². The van der Waals surface area contributed by atoms with Crippen LogP contribution < -0.4 is 4.74 Å². The Morgan fingerprint density at radius 1 is 0.600 bits per heavy atom. The Bertz CT molecular complexity index is 1700. The molecule has 0 bridgehead atoms. The summed E-state index contributed by atoms with van der Waals surface area (Å²) < 4.78 is 159. The summed E-state index contributed by atoms with van der Waals surface area (Å²) in [6, 6.07) is 8.79. The Morgan fingerprint density at radius 2 is 1.13 bits per heavy atom. The van der Waals surface area contributed by atoms with E-state index in [1.807, 2.05) is 11.8 Å². The van der Waals surface area contributed by atoms with Crippen LogP contribution in [0.3, 0.4) is 0 Å². The minimum atomic E-state index is -5.36. The summed E-state index contributed by atoms with van der Waals surface area (Å²) in [7, 11) is 0. The number of rotatable bonds is 8. The molecule has 0 spiro atoms. The number of unbranched alkanes of at least 4 members (excludes halogenated alkanes) is 2. The maximum atomic E-state index is 14.9. The first-order valence-corrected chi connectivity index (χ1v) is 13.3. The van der Waals surface area contributed by atoms with Gasteiger partial charge in [0, 0.05) is 17.7 Å². The second-order valence-corrected chi connectivity index (χ2v) is 9.91. The van der Waals surface area contributed by atoms with Crippen molar-refractivity contribution in [2.24, 2.45) is 0 Å². The Kier molecular flexibility index (Phi) is 9.80. The summed E-state index contributed by atoms with van der Waals surface area (Å²) >= 11 is 0. The zero-order valence-electron chi connectivity index (χ0n) is 23.2. The standard InChI is InChI=1S/C33H21F11O/c1-2-3-4-5-18-6-9-20(10-7-18)21-14-28(38)31(29(39)15-21)33(43,44)45-22-16-24(34)23(25(35)17-22)11-8-19-12-26(36)30(27(37)13-19)32(40,41)42/h6-7,9-10,12-17H,2-5H2,1H3. The van der Waals surface area contributed by atoms with Gasteiger partial charge in [0.2, 0.25) is 0 Å². The highest BCUT2D eigenvalue weighted by molar-refractivity contribution is 5.64. The second-order valence-electron chi connectivity index (χ2n) is 9.91. The summed E-state index contributed by atoms with van der Waals surface area (Å²) in [5, 5.41) is 0. The average Bonchev–Trinajstić information content (AvgIpc) is 2.91. The van der Waals surface area contributed by atoms with E-state index in [0.717, 1.165) is 31.2 Å². The molecule has 4 aromatic carbocycles. The Hall–Kier alpha value is -4.53. The van der Waals surface area contributed by atoms with Crippen LogP contribution in [0.25, 0.3) is 11.1 Å². The number of ether oxygens (including phenoxy) is 1. The fraction of sp³-hybridized carbons (Fsp3) is 0.212. The maximum Gasteiger partial charge on any atom is 0.432 e. The highest BCUT2D eigenvalue weighted by atomic mass is 19.4. The molecule has 0 saturated heterocycles. The topological polar surface area (TPSA) is 9.23 Å². The lowest BCUT2D eigenvalue weighted by atomic mass is 9.99. The molecule has 0 atom stereocenters. The van der Waals surface area contributed by atoms with Gasteiger partial charge in [0.15, 0.2) is 0 Å². The quantitative estimate of drug-likeness (QED) is 0.106. The molecule has 0 heterocycles. The second kappa shape index (κ2) is 13.2. The molecule has 0 fully saturated rings. The smallest absolute Gasteiger partial charge is 0.429 e.